The van der Waals surface area contributed by atoms with Gasteiger partial charge in [-0.15, -0.1) is 5.10 Å². The first-order chi connectivity index (χ1) is 12.5. The Labute approximate surface area is 155 Å². The van der Waals surface area contributed by atoms with Gasteiger partial charge in [-0.2, -0.15) is 0 Å². The highest BCUT2D eigenvalue weighted by molar-refractivity contribution is 7.03. The number of aromatic nitrogens is 2. The molecule has 0 bridgehead atoms. The first kappa shape index (κ1) is 18.4. The van der Waals surface area contributed by atoms with E-state index in [0.29, 0.717) is 48.8 Å². The summed E-state index contributed by atoms with van der Waals surface area (Å²) in [6, 6.07) is 4.31. The lowest BCUT2D eigenvalue weighted by Gasteiger charge is -2.32. The largest absolute Gasteiger partial charge is 0.337 e. The van der Waals surface area contributed by atoms with Crippen LogP contribution in [0.2, 0.25) is 0 Å². The Hall–Kier alpha value is -2.35. The van der Waals surface area contributed by atoms with Crippen LogP contribution in [0.5, 0.6) is 0 Å². The van der Waals surface area contributed by atoms with Gasteiger partial charge in [-0.1, -0.05) is 4.49 Å². The third kappa shape index (κ3) is 4.63. The number of nitrogens with zero attached hydrogens (tertiary/aromatic N) is 3. The van der Waals surface area contributed by atoms with Crippen LogP contribution in [0.1, 0.15) is 41.7 Å². The summed E-state index contributed by atoms with van der Waals surface area (Å²) >= 11 is 1.16. The van der Waals surface area contributed by atoms with E-state index in [2.05, 4.69) is 14.9 Å². The van der Waals surface area contributed by atoms with E-state index < -0.39 is 0 Å². The molecule has 1 fully saturated rings. The summed E-state index contributed by atoms with van der Waals surface area (Å²) < 4.78 is 16.9. The molecule has 1 aromatic carbocycles. The average Bonchev–Trinajstić information content (AvgIpc) is 3.17. The van der Waals surface area contributed by atoms with E-state index in [4.69, 9.17) is 0 Å². The number of piperidine rings is 1. The summed E-state index contributed by atoms with van der Waals surface area (Å²) in [5.74, 6) is -0.205. The van der Waals surface area contributed by atoms with Gasteiger partial charge in [-0.05, 0) is 67.4 Å². The standard InChI is InChI=1S/C18H21FN4O2S/c1-12-9-14(19)5-6-15(12)20-17(24)7-4-13-3-2-8-23(10-13)18(25)16-11-26-22-21-16/h5-6,9,11,13H,2-4,7-8,10H2,1H3,(H,20,24). The van der Waals surface area contributed by atoms with Crippen LogP contribution >= 0.6 is 11.5 Å². The fraction of sp³-hybridized carbons (Fsp3) is 0.444. The maximum atomic E-state index is 13.1. The Kier molecular flexibility index (Phi) is 5.92. The van der Waals surface area contributed by atoms with Gasteiger partial charge in [0, 0.05) is 30.6 Å². The molecule has 3 rings (SSSR count). The number of rotatable bonds is 5. The van der Waals surface area contributed by atoms with Crippen LogP contribution in [0.25, 0.3) is 0 Å². The van der Waals surface area contributed by atoms with Crippen LogP contribution < -0.4 is 5.32 Å². The summed E-state index contributed by atoms with van der Waals surface area (Å²) in [7, 11) is 0. The first-order valence-corrected chi connectivity index (χ1v) is 9.49. The molecule has 1 unspecified atom stereocenters. The van der Waals surface area contributed by atoms with Crippen molar-refractivity contribution < 1.29 is 14.0 Å². The minimum Gasteiger partial charge on any atom is -0.337 e. The lowest BCUT2D eigenvalue weighted by atomic mass is 9.93. The number of amides is 2. The van der Waals surface area contributed by atoms with E-state index in [0.717, 1.165) is 24.4 Å². The van der Waals surface area contributed by atoms with Crippen LogP contribution in [0.15, 0.2) is 23.6 Å². The van der Waals surface area contributed by atoms with Gasteiger partial charge in [-0.25, -0.2) is 4.39 Å². The molecule has 2 amide bonds. The number of anilines is 1. The number of hydrogen-bond acceptors (Lipinski definition) is 5. The predicted octanol–water partition coefficient (Wildman–Crippen LogP) is 3.26. The molecular formula is C18H21FN4O2S. The highest BCUT2D eigenvalue weighted by Crippen LogP contribution is 2.23. The molecule has 0 aliphatic carbocycles. The Balaban J connectivity index is 1.49. The molecule has 26 heavy (non-hydrogen) atoms. The van der Waals surface area contributed by atoms with Crippen molar-refractivity contribution in [3.05, 3.63) is 40.7 Å². The van der Waals surface area contributed by atoms with E-state index >= 15 is 0 Å². The fourth-order valence-electron chi connectivity index (χ4n) is 3.22. The fourth-order valence-corrected chi connectivity index (χ4v) is 3.65. The Morgan fingerprint density at radius 1 is 1.42 bits per heavy atom. The number of halogens is 1. The van der Waals surface area contributed by atoms with Crippen LogP contribution in [-0.4, -0.2) is 39.4 Å². The van der Waals surface area contributed by atoms with Crippen LogP contribution in [0.3, 0.4) is 0 Å². The minimum absolute atomic E-state index is 0.0881. The SMILES string of the molecule is Cc1cc(F)ccc1NC(=O)CCC1CCCN(C(=O)c2csnn2)C1. The zero-order valence-corrected chi connectivity index (χ0v) is 15.4. The summed E-state index contributed by atoms with van der Waals surface area (Å²) in [6.45, 7) is 3.11. The maximum Gasteiger partial charge on any atom is 0.275 e. The molecule has 1 aliphatic heterocycles. The number of carbonyl (C=O) groups is 2. The van der Waals surface area contributed by atoms with Gasteiger partial charge in [-0.3, -0.25) is 9.59 Å². The van der Waals surface area contributed by atoms with Gasteiger partial charge in [0.2, 0.25) is 5.91 Å². The van der Waals surface area contributed by atoms with Crippen molar-refractivity contribution in [2.75, 3.05) is 18.4 Å². The monoisotopic (exact) mass is 376 g/mol. The molecule has 0 spiro atoms. The van der Waals surface area contributed by atoms with Crippen LogP contribution in [-0.2, 0) is 4.79 Å². The molecule has 138 valence electrons. The minimum atomic E-state index is -0.317. The lowest BCUT2D eigenvalue weighted by Crippen LogP contribution is -2.40. The molecular weight excluding hydrogens is 355 g/mol. The molecule has 1 saturated heterocycles. The van der Waals surface area contributed by atoms with Crippen LogP contribution in [0.4, 0.5) is 10.1 Å². The summed E-state index contributed by atoms with van der Waals surface area (Å²) in [4.78, 5) is 26.4. The van der Waals surface area contributed by atoms with Gasteiger partial charge in [0.05, 0.1) is 0 Å². The quantitative estimate of drug-likeness (QED) is 0.869. The number of aryl methyl sites for hydroxylation is 1. The zero-order chi connectivity index (χ0) is 18.5. The number of nitrogens with one attached hydrogen (secondary N) is 1. The molecule has 2 heterocycles. The molecule has 8 heteroatoms. The van der Waals surface area contributed by atoms with Crippen LogP contribution in [0, 0.1) is 18.7 Å². The average molecular weight is 376 g/mol. The Morgan fingerprint density at radius 2 is 2.27 bits per heavy atom. The second kappa shape index (κ2) is 8.35. The second-order valence-corrected chi connectivity index (χ2v) is 7.21. The van der Waals surface area contributed by atoms with Crippen molar-refractivity contribution in [2.45, 2.75) is 32.6 Å². The van der Waals surface area contributed by atoms with E-state index in [1.807, 2.05) is 0 Å². The van der Waals surface area contributed by atoms with Gasteiger partial charge < -0.3 is 10.2 Å². The highest BCUT2D eigenvalue weighted by Gasteiger charge is 2.26. The van der Waals surface area contributed by atoms with E-state index in [-0.39, 0.29) is 17.6 Å². The smallest absolute Gasteiger partial charge is 0.275 e. The molecule has 1 atom stereocenters. The molecule has 1 aromatic heterocycles. The normalized spacial score (nSPS) is 17.2. The topological polar surface area (TPSA) is 75.2 Å². The van der Waals surface area contributed by atoms with E-state index in [1.54, 1.807) is 23.3 Å². The number of hydrogen-bond donors (Lipinski definition) is 1. The van der Waals surface area contributed by atoms with Gasteiger partial charge in [0.15, 0.2) is 5.69 Å². The third-order valence-corrected chi connectivity index (χ3v) is 5.13. The molecule has 1 N–H and O–H groups in total. The van der Waals surface area contributed by atoms with E-state index in [1.165, 1.54) is 12.1 Å². The van der Waals surface area contributed by atoms with Crippen molar-refractivity contribution in [1.29, 1.82) is 0 Å². The molecule has 0 saturated carbocycles. The highest BCUT2D eigenvalue weighted by atomic mass is 32.1. The first-order valence-electron chi connectivity index (χ1n) is 8.65. The molecule has 2 aromatic rings. The summed E-state index contributed by atoms with van der Waals surface area (Å²) in [5, 5.41) is 8.33. The third-order valence-electron chi connectivity index (χ3n) is 4.63. The summed E-state index contributed by atoms with van der Waals surface area (Å²) in [5.41, 5.74) is 1.72. The van der Waals surface area contributed by atoms with Gasteiger partial charge in [0.25, 0.3) is 5.91 Å². The molecule has 6 nitrogen and oxygen atoms in total. The van der Waals surface area contributed by atoms with Crippen molar-refractivity contribution >= 4 is 29.0 Å². The Morgan fingerprint density at radius 3 is 3.00 bits per heavy atom. The van der Waals surface area contributed by atoms with Crippen molar-refractivity contribution in [3.63, 3.8) is 0 Å². The molecule has 0 radical (unpaired) electrons. The van der Waals surface area contributed by atoms with E-state index in [9.17, 15) is 14.0 Å². The van der Waals surface area contributed by atoms with Crippen molar-refractivity contribution in [3.8, 4) is 0 Å². The number of likely N-dealkylation sites (tertiary alicyclic amines) is 1. The lowest BCUT2D eigenvalue weighted by molar-refractivity contribution is -0.116. The molecule has 1 aliphatic rings. The number of benzene rings is 1. The number of carbonyl (C=O) groups excluding carboxylic acids is 2. The maximum absolute atomic E-state index is 13.1. The van der Waals surface area contributed by atoms with Crippen molar-refractivity contribution in [1.82, 2.24) is 14.5 Å². The van der Waals surface area contributed by atoms with Crippen molar-refractivity contribution in [2.24, 2.45) is 5.92 Å². The predicted molar refractivity (Wildman–Crippen MR) is 97.5 cm³/mol. The van der Waals surface area contributed by atoms with Gasteiger partial charge in [0.1, 0.15) is 5.82 Å². The summed E-state index contributed by atoms with van der Waals surface area (Å²) in [6.07, 6.45) is 3.02. The second-order valence-electron chi connectivity index (χ2n) is 6.60. The zero-order valence-electron chi connectivity index (χ0n) is 14.6. The Bertz CT molecular complexity index is 782. The van der Waals surface area contributed by atoms with Gasteiger partial charge >= 0.3 is 0 Å².